The SMILES string of the molecule is O=C(OCCOCCOCCOCCOCCOCCOCCOCCOCCOCCOCCOCCN1C(=O)C=CC1=O)C(=O)c1ccccc1. The lowest BCUT2D eigenvalue weighted by Crippen LogP contribution is -2.33. The third kappa shape index (κ3) is 25.5. The summed E-state index contributed by atoms with van der Waals surface area (Å²) < 4.78 is 64.6. The van der Waals surface area contributed by atoms with Crippen molar-refractivity contribution >= 4 is 23.6 Å². The van der Waals surface area contributed by atoms with Crippen LogP contribution in [0, 0.1) is 0 Å². The lowest BCUT2D eigenvalue weighted by Gasteiger charge is -2.13. The van der Waals surface area contributed by atoms with Crippen LogP contribution >= 0.6 is 0 Å². The van der Waals surface area contributed by atoms with E-state index in [1.165, 1.54) is 12.2 Å². The Balaban J connectivity index is 1.15. The fourth-order valence-corrected chi connectivity index (χ4v) is 4.07. The molecule has 53 heavy (non-hydrogen) atoms. The van der Waals surface area contributed by atoms with Gasteiger partial charge in [-0.25, -0.2) is 4.79 Å². The molecular weight excluding hydrogens is 702 g/mol. The van der Waals surface area contributed by atoms with Gasteiger partial charge in [0, 0.05) is 17.7 Å². The summed E-state index contributed by atoms with van der Waals surface area (Å²) >= 11 is 0. The molecule has 0 spiro atoms. The molecule has 17 heteroatoms. The smallest absolute Gasteiger partial charge is 0.379 e. The van der Waals surface area contributed by atoms with Crippen LogP contribution in [-0.2, 0) is 71.2 Å². The molecule has 2 rings (SSSR count). The molecule has 2 amide bonds. The number of carbonyl (C=O) groups is 4. The van der Waals surface area contributed by atoms with Crippen molar-refractivity contribution in [3.8, 4) is 0 Å². The van der Waals surface area contributed by atoms with Gasteiger partial charge in [0.15, 0.2) is 0 Å². The van der Waals surface area contributed by atoms with Crippen molar-refractivity contribution in [1.29, 1.82) is 0 Å². The lowest BCUT2D eigenvalue weighted by molar-refractivity contribution is -0.140. The Morgan fingerprint density at radius 2 is 0.679 bits per heavy atom. The molecule has 0 fully saturated rings. The fourth-order valence-electron chi connectivity index (χ4n) is 4.07. The second-order valence-electron chi connectivity index (χ2n) is 10.7. The standard InChI is InChI=1S/C36H55NO16/c38-33-6-7-34(39)37(33)8-9-42-10-11-43-12-13-44-14-15-45-16-17-46-18-19-47-20-21-48-22-23-49-24-25-50-26-27-51-28-29-52-30-31-53-36(41)35(40)32-4-2-1-3-5-32/h1-7H,8-31H2. The van der Waals surface area contributed by atoms with Crippen LogP contribution in [-0.4, -0.2) is 187 Å². The van der Waals surface area contributed by atoms with Crippen LogP contribution in [0.2, 0.25) is 0 Å². The summed E-state index contributed by atoms with van der Waals surface area (Å²) in [6, 6.07) is 8.24. The van der Waals surface area contributed by atoms with E-state index in [0.29, 0.717) is 132 Å². The zero-order valence-corrected chi connectivity index (χ0v) is 30.5. The van der Waals surface area contributed by atoms with Gasteiger partial charge in [-0.15, -0.1) is 0 Å². The van der Waals surface area contributed by atoms with Gasteiger partial charge in [0.05, 0.1) is 152 Å². The maximum absolute atomic E-state index is 11.9. The topological polar surface area (TPSA) is 182 Å². The maximum Gasteiger partial charge on any atom is 0.379 e. The van der Waals surface area contributed by atoms with E-state index in [-0.39, 0.29) is 43.7 Å². The van der Waals surface area contributed by atoms with E-state index in [1.54, 1.807) is 30.3 Å². The number of ether oxygens (including phenoxy) is 12. The molecular formula is C36H55NO16. The molecule has 0 saturated carbocycles. The van der Waals surface area contributed by atoms with Gasteiger partial charge in [0.25, 0.3) is 17.6 Å². The Morgan fingerprint density at radius 3 is 1.00 bits per heavy atom. The molecule has 0 saturated heterocycles. The average Bonchev–Trinajstić information content (AvgIpc) is 3.50. The molecule has 0 atom stereocenters. The van der Waals surface area contributed by atoms with E-state index in [9.17, 15) is 19.2 Å². The van der Waals surface area contributed by atoms with Crippen molar-refractivity contribution < 1.29 is 76.0 Å². The summed E-state index contributed by atoms with van der Waals surface area (Å²) in [5, 5.41) is 0. The molecule has 0 aliphatic carbocycles. The van der Waals surface area contributed by atoms with Gasteiger partial charge >= 0.3 is 5.97 Å². The number of rotatable bonds is 38. The highest BCUT2D eigenvalue weighted by Crippen LogP contribution is 2.03. The molecule has 1 aliphatic rings. The Labute approximate surface area is 310 Å². The first-order chi connectivity index (χ1) is 26.1. The zero-order chi connectivity index (χ0) is 37.9. The number of amides is 2. The number of carbonyl (C=O) groups excluding carboxylic acids is 4. The third-order valence-electron chi connectivity index (χ3n) is 6.76. The number of nitrogens with zero attached hydrogens (tertiary/aromatic N) is 1. The van der Waals surface area contributed by atoms with Gasteiger partial charge in [-0.2, -0.15) is 0 Å². The fraction of sp³-hybridized carbons (Fsp3) is 0.667. The van der Waals surface area contributed by atoms with Gasteiger partial charge in [0.2, 0.25) is 0 Å². The summed E-state index contributed by atoms with van der Waals surface area (Å²) in [4.78, 5) is 47.6. The van der Waals surface area contributed by atoms with Gasteiger partial charge in [0.1, 0.15) is 6.61 Å². The molecule has 0 N–H and O–H groups in total. The van der Waals surface area contributed by atoms with Gasteiger partial charge in [-0.1, -0.05) is 30.3 Å². The van der Waals surface area contributed by atoms with E-state index in [4.69, 9.17) is 56.8 Å². The second-order valence-corrected chi connectivity index (χ2v) is 10.7. The van der Waals surface area contributed by atoms with Crippen LogP contribution in [0.15, 0.2) is 42.5 Å². The van der Waals surface area contributed by atoms with Crippen LogP contribution in [0.3, 0.4) is 0 Å². The van der Waals surface area contributed by atoms with Gasteiger partial charge in [-0.05, 0) is 0 Å². The van der Waals surface area contributed by atoms with Crippen LogP contribution in [0.4, 0.5) is 0 Å². The number of Topliss-reactive ketones (excluding diaryl/α,β-unsaturated/α-hetero) is 1. The Morgan fingerprint density at radius 1 is 0.396 bits per heavy atom. The van der Waals surface area contributed by atoms with Crippen LogP contribution in [0.25, 0.3) is 0 Å². The Bertz CT molecular complexity index is 1100. The van der Waals surface area contributed by atoms with Gasteiger partial charge < -0.3 is 56.8 Å². The number of hydrogen-bond donors (Lipinski definition) is 0. The monoisotopic (exact) mass is 757 g/mol. The first-order valence-electron chi connectivity index (χ1n) is 17.7. The molecule has 17 nitrogen and oxygen atoms in total. The number of ketones is 1. The summed E-state index contributed by atoms with van der Waals surface area (Å²) in [6.07, 6.45) is 2.50. The molecule has 1 aromatic carbocycles. The molecule has 1 aromatic rings. The summed E-state index contributed by atoms with van der Waals surface area (Å²) in [5.41, 5.74) is 0.289. The highest BCUT2D eigenvalue weighted by atomic mass is 16.6. The Hall–Kier alpha value is -3.20. The molecule has 1 heterocycles. The third-order valence-corrected chi connectivity index (χ3v) is 6.76. The quantitative estimate of drug-likeness (QED) is 0.0299. The molecule has 1 aliphatic heterocycles. The predicted molar refractivity (Wildman–Crippen MR) is 187 cm³/mol. The number of hydrogen-bond acceptors (Lipinski definition) is 16. The van der Waals surface area contributed by atoms with E-state index < -0.39 is 11.8 Å². The van der Waals surface area contributed by atoms with Crippen LogP contribution in [0.1, 0.15) is 10.4 Å². The lowest BCUT2D eigenvalue weighted by atomic mass is 10.1. The highest BCUT2D eigenvalue weighted by Gasteiger charge is 2.22. The van der Waals surface area contributed by atoms with Crippen molar-refractivity contribution in [3.05, 3.63) is 48.0 Å². The van der Waals surface area contributed by atoms with E-state index in [0.717, 1.165) is 4.90 Å². The van der Waals surface area contributed by atoms with E-state index in [2.05, 4.69) is 0 Å². The minimum absolute atomic E-state index is 0.0105. The predicted octanol–water partition coefficient (Wildman–Crippen LogP) is 0.520. The summed E-state index contributed by atoms with van der Waals surface area (Å²) in [5.74, 6) is -2.21. The first kappa shape index (κ1) is 46.0. The minimum Gasteiger partial charge on any atom is -0.457 e. The Kier molecular flexibility index (Phi) is 28.9. The highest BCUT2D eigenvalue weighted by molar-refractivity contribution is 6.40. The normalized spacial score (nSPS) is 12.6. The van der Waals surface area contributed by atoms with Crippen molar-refractivity contribution in [2.24, 2.45) is 0 Å². The molecule has 300 valence electrons. The molecule has 0 aromatic heterocycles. The average molecular weight is 758 g/mol. The second kappa shape index (κ2) is 33.4. The number of benzene rings is 1. The van der Waals surface area contributed by atoms with E-state index >= 15 is 0 Å². The number of esters is 1. The minimum atomic E-state index is -0.904. The largest absolute Gasteiger partial charge is 0.457 e. The van der Waals surface area contributed by atoms with Crippen molar-refractivity contribution in [3.63, 3.8) is 0 Å². The summed E-state index contributed by atoms with van der Waals surface area (Å²) in [7, 11) is 0. The van der Waals surface area contributed by atoms with Crippen molar-refractivity contribution in [2.45, 2.75) is 0 Å². The van der Waals surface area contributed by atoms with Crippen LogP contribution < -0.4 is 0 Å². The molecule has 0 bridgehead atoms. The van der Waals surface area contributed by atoms with Crippen molar-refractivity contribution in [1.82, 2.24) is 4.90 Å². The van der Waals surface area contributed by atoms with Crippen LogP contribution in [0.5, 0.6) is 0 Å². The molecule has 0 radical (unpaired) electrons. The maximum atomic E-state index is 11.9. The van der Waals surface area contributed by atoms with Gasteiger partial charge in [-0.3, -0.25) is 19.3 Å². The summed E-state index contributed by atoms with van der Waals surface area (Å²) in [6.45, 7) is 9.34. The van der Waals surface area contributed by atoms with E-state index in [1.807, 2.05) is 0 Å². The van der Waals surface area contributed by atoms with Crippen molar-refractivity contribution in [2.75, 3.05) is 159 Å². The molecule has 0 unspecified atom stereocenters. The first-order valence-corrected chi connectivity index (χ1v) is 17.7. The number of imide groups is 1. The zero-order valence-electron chi connectivity index (χ0n) is 30.5.